The zero-order valence-electron chi connectivity index (χ0n) is 12.5. The molecule has 2 aromatic rings. The van der Waals surface area contributed by atoms with Crippen molar-refractivity contribution < 1.29 is 13.6 Å². The highest BCUT2D eigenvalue weighted by atomic mass is 32.1. The summed E-state index contributed by atoms with van der Waals surface area (Å²) >= 11 is 1.33. The molecule has 1 amide bonds. The Labute approximate surface area is 136 Å². The SMILES string of the molecule is C[C@@H]1CCc2c(sc(NC(=O)c3c(F)cccc3F)c2C#N)C1. The van der Waals surface area contributed by atoms with Gasteiger partial charge < -0.3 is 5.32 Å². The van der Waals surface area contributed by atoms with Gasteiger partial charge in [0.1, 0.15) is 28.3 Å². The number of nitrogens with zero attached hydrogens (tertiary/aromatic N) is 1. The third-order valence-electron chi connectivity index (χ3n) is 4.04. The van der Waals surface area contributed by atoms with Gasteiger partial charge in [-0.25, -0.2) is 8.78 Å². The van der Waals surface area contributed by atoms with Gasteiger partial charge >= 0.3 is 0 Å². The van der Waals surface area contributed by atoms with E-state index in [1.165, 1.54) is 17.4 Å². The average molecular weight is 332 g/mol. The summed E-state index contributed by atoms with van der Waals surface area (Å²) in [5.74, 6) is -2.18. The fraction of sp³-hybridized carbons (Fsp3) is 0.294. The Balaban J connectivity index is 1.95. The van der Waals surface area contributed by atoms with Crippen LogP contribution < -0.4 is 5.32 Å². The Kier molecular flexibility index (Phi) is 4.14. The number of amides is 1. The number of hydrogen-bond acceptors (Lipinski definition) is 3. The molecule has 0 aliphatic heterocycles. The third-order valence-corrected chi connectivity index (χ3v) is 5.21. The van der Waals surface area contributed by atoms with Crippen LogP contribution in [0.5, 0.6) is 0 Å². The molecule has 0 unspecified atom stereocenters. The van der Waals surface area contributed by atoms with E-state index in [2.05, 4.69) is 18.3 Å². The molecule has 0 saturated heterocycles. The van der Waals surface area contributed by atoms with Crippen LogP contribution in [-0.4, -0.2) is 5.91 Å². The third kappa shape index (κ3) is 2.84. The van der Waals surface area contributed by atoms with Crippen molar-refractivity contribution in [1.29, 1.82) is 5.26 Å². The van der Waals surface area contributed by atoms with Crippen molar-refractivity contribution in [3.05, 3.63) is 51.4 Å². The fourth-order valence-electron chi connectivity index (χ4n) is 2.84. The summed E-state index contributed by atoms with van der Waals surface area (Å²) in [6.07, 6.45) is 2.65. The van der Waals surface area contributed by atoms with E-state index in [0.717, 1.165) is 41.8 Å². The lowest BCUT2D eigenvalue weighted by Crippen LogP contribution is -2.15. The first-order chi connectivity index (χ1) is 11.0. The van der Waals surface area contributed by atoms with Crippen LogP contribution in [-0.2, 0) is 12.8 Å². The molecule has 1 aromatic heterocycles. The molecule has 0 saturated carbocycles. The lowest BCUT2D eigenvalue weighted by molar-refractivity contribution is 0.101. The molecule has 1 heterocycles. The fourth-order valence-corrected chi connectivity index (χ4v) is 4.19. The maximum atomic E-state index is 13.7. The van der Waals surface area contributed by atoms with E-state index in [0.29, 0.717) is 16.5 Å². The lowest BCUT2D eigenvalue weighted by atomic mass is 9.88. The van der Waals surface area contributed by atoms with E-state index in [9.17, 15) is 18.8 Å². The number of rotatable bonds is 2. The Hall–Kier alpha value is -2.26. The maximum Gasteiger partial charge on any atom is 0.262 e. The summed E-state index contributed by atoms with van der Waals surface area (Å²) in [7, 11) is 0. The Morgan fingerprint density at radius 1 is 1.39 bits per heavy atom. The number of hydrogen-bond donors (Lipinski definition) is 1. The van der Waals surface area contributed by atoms with Crippen molar-refractivity contribution >= 4 is 22.2 Å². The van der Waals surface area contributed by atoms with E-state index >= 15 is 0 Å². The summed E-state index contributed by atoms with van der Waals surface area (Å²) in [6, 6.07) is 5.38. The van der Waals surface area contributed by atoms with Gasteiger partial charge in [-0.1, -0.05) is 13.0 Å². The number of carbonyl (C=O) groups excluding carboxylic acids is 1. The topological polar surface area (TPSA) is 52.9 Å². The van der Waals surface area contributed by atoms with Crippen LogP contribution in [0.2, 0.25) is 0 Å². The van der Waals surface area contributed by atoms with E-state index in [-0.39, 0.29) is 0 Å². The van der Waals surface area contributed by atoms with Gasteiger partial charge in [-0.15, -0.1) is 11.3 Å². The minimum atomic E-state index is -0.920. The second kappa shape index (κ2) is 6.09. The molecule has 3 nitrogen and oxygen atoms in total. The van der Waals surface area contributed by atoms with Gasteiger partial charge in [0.25, 0.3) is 5.91 Å². The summed E-state index contributed by atoms with van der Waals surface area (Å²) in [5.41, 5.74) is 0.748. The minimum Gasteiger partial charge on any atom is -0.312 e. The van der Waals surface area contributed by atoms with Gasteiger partial charge in [-0.3, -0.25) is 4.79 Å². The highest BCUT2D eigenvalue weighted by Crippen LogP contribution is 2.39. The number of nitrogens with one attached hydrogen (secondary N) is 1. The molecule has 0 radical (unpaired) electrons. The molecule has 3 rings (SSSR count). The first-order valence-corrected chi connectivity index (χ1v) is 8.13. The molecular weight excluding hydrogens is 318 g/mol. The molecule has 23 heavy (non-hydrogen) atoms. The smallest absolute Gasteiger partial charge is 0.262 e. The summed E-state index contributed by atoms with van der Waals surface area (Å²) in [6.45, 7) is 2.14. The molecule has 1 atom stereocenters. The number of carbonyl (C=O) groups is 1. The van der Waals surface area contributed by atoms with E-state index < -0.39 is 23.1 Å². The predicted octanol–water partition coefficient (Wildman–Crippen LogP) is 4.28. The first-order valence-electron chi connectivity index (χ1n) is 7.31. The zero-order valence-corrected chi connectivity index (χ0v) is 13.3. The number of benzene rings is 1. The Morgan fingerprint density at radius 2 is 2.09 bits per heavy atom. The van der Waals surface area contributed by atoms with Crippen molar-refractivity contribution in [2.75, 3.05) is 5.32 Å². The lowest BCUT2D eigenvalue weighted by Gasteiger charge is -2.17. The maximum absolute atomic E-state index is 13.7. The van der Waals surface area contributed by atoms with Gasteiger partial charge in [0.15, 0.2) is 0 Å². The average Bonchev–Trinajstić information content (AvgIpc) is 2.82. The van der Waals surface area contributed by atoms with E-state index in [1.807, 2.05) is 0 Å². The molecule has 1 N–H and O–H groups in total. The van der Waals surface area contributed by atoms with Crippen molar-refractivity contribution in [1.82, 2.24) is 0 Å². The molecule has 6 heteroatoms. The number of nitriles is 1. The normalized spacial score (nSPS) is 16.5. The molecule has 0 fully saturated rings. The zero-order chi connectivity index (χ0) is 16.6. The molecule has 1 aliphatic rings. The van der Waals surface area contributed by atoms with E-state index in [4.69, 9.17) is 0 Å². The van der Waals surface area contributed by atoms with Gasteiger partial charge in [0, 0.05) is 4.88 Å². The molecular formula is C17H14F2N2OS. The van der Waals surface area contributed by atoms with Crippen molar-refractivity contribution in [2.24, 2.45) is 5.92 Å². The highest BCUT2D eigenvalue weighted by molar-refractivity contribution is 7.16. The summed E-state index contributed by atoms with van der Waals surface area (Å²) < 4.78 is 27.4. The largest absolute Gasteiger partial charge is 0.312 e. The van der Waals surface area contributed by atoms with Crippen LogP contribution in [0.3, 0.4) is 0 Å². The van der Waals surface area contributed by atoms with Crippen molar-refractivity contribution in [3.8, 4) is 6.07 Å². The Morgan fingerprint density at radius 3 is 2.74 bits per heavy atom. The molecule has 1 aliphatic carbocycles. The van der Waals surface area contributed by atoms with Crippen molar-refractivity contribution in [3.63, 3.8) is 0 Å². The van der Waals surface area contributed by atoms with Gasteiger partial charge in [-0.05, 0) is 42.9 Å². The predicted molar refractivity (Wildman–Crippen MR) is 84.5 cm³/mol. The molecule has 0 bridgehead atoms. The van der Waals surface area contributed by atoms with Gasteiger partial charge in [0.2, 0.25) is 0 Å². The van der Waals surface area contributed by atoms with Crippen LogP contribution in [0.25, 0.3) is 0 Å². The minimum absolute atomic E-state index is 0.374. The van der Waals surface area contributed by atoms with Crippen LogP contribution in [0, 0.1) is 28.9 Å². The van der Waals surface area contributed by atoms with Crippen LogP contribution in [0.4, 0.5) is 13.8 Å². The van der Waals surface area contributed by atoms with Gasteiger partial charge in [0.05, 0.1) is 5.56 Å². The number of thiophene rings is 1. The second-order valence-electron chi connectivity index (χ2n) is 5.72. The van der Waals surface area contributed by atoms with E-state index in [1.54, 1.807) is 0 Å². The monoisotopic (exact) mass is 332 g/mol. The van der Waals surface area contributed by atoms with Crippen LogP contribution in [0.1, 0.15) is 39.7 Å². The molecule has 118 valence electrons. The number of halogens is 2. The quantitative estimate of drug-likeness (QED) is 0.892. The van der Waals surface area contributed by atoms with Crippen LogP contribution in [0.15, 0.2) is 18.2 Å². The first kappa shape index (κ1) is 15.6. The molecule has 0 spiro atoms. The second-order valence-corrected chi connectivity index (χ2v) is 6.82. The Bertz CT molecular complexity index is 802. The highest BCUT2D eigenvalue weighted by Gasteiger charge is 2.26. The van der Waals surface area contributed by atoms with Crippen molar-refractivity contribution in [2.45, 2.75) is 26.2 Å². The number of anilines is 1. The van der Waals surface area contributed by atoms with Crippen LogP contribution >= 0.6 is 11.3 Å². The van der Waals surface area contributed by atoms with Gasteiger partial charge in [-0.2, -0.15) is 5.26 Å². The molecule has 1 aromatic carbocycles. The number of fused-ring (bicyclic) bond motifs is 1. The summed E-state index contributed by atoms with van der Waals surface area (Å²) in [5, 5.41) is 12.3. The standard InChI is InChI=1S/C17H14F2N2OS/c1-9-5-6-10-11(8-20)17(23-14(10)7-9)21-16(22)15-12(18)3-2-4-13(15)19/h2-4,9H,5-7H2,1H3,(H,21,22)/t9-/m1/s1. The summed E-state index contributed by atoms with van der Waals surface area (Å²) in [4.78, 5) is 13.3.